The van der Waals surface area contributed by atoms with Crippen LogP contribution in [0.2, 0.25) is 10.0 Å². The molecule has 0 fully saturated rings. The van der Waals surface area contributed by atoms with E-state index in [9.17, 15) is 0 Å². The lowest BCUT2D eigenvalue weighted by molar-refractivity contribution is 0.242. The summed E-state index contributed by atoms with van der Waals surface area (Å²) in [6.45, 7) is 4.00. The van der Waals surface area contributed by atoms with Crippen LogP contribution in [0, 0.1) is 0 Å². The molecule has 2 aromatic rings. The van der Waals surface area contributed by atoms with Gasteiger partial charge in [-0.25, -0.2) is 0 Å². The first-order valence-electron chi connectivity index (χ1n) is 6.92. The molecular formula is C17H19Cl2NO. The van der Waals surface area contributed by atoms with Crippen LogP contribution in [0.15, 0.2) is 42.5 Å². The van der Waals surface area contributed by atoms with Gasteiger partial charge in [0.1, 0.15) is 5.75 Å². The summed E-state index contributed by atoms with van der Waals surface area (Å²) in [6, 6.07) is 13.2. The van der Waals surface area contributed by atoms with Crippen LogP contribution in [-0.2, 0) is 6.42 Å². The molecule has 0 aliphatic rings. The highest BCUT2D eigenvalue weighted by Crippen LogP contribution is 2.26. The van der Waals surface area contributed by atoms with Gasteiger partial charge in [-0.3, -0.25) is 0 Å². The monoisotopic (exact) mass is 323 g/mol. The Morgan fingerprint density at radius 3 is 2.52 bits per heavy atom. The zero-order valence-corrected chi connectivity index (χ0v) is 13.7. The third-order valence-electron chi connectivity index (χ3n) is 3.11. The Morgan fingerprint density at radius 1 is 1.10 bits per heavy atom. The van der Waals surface area contributed by atoms with Gasteiger partial charge < -0.3 is 10.5 Å². The normalized spacial score (nSPS) is 12.5. The zero-order chi connectivity index (χ0) is 15.4. The molecule has 0 aliphatic heterocycles. The van der Waals surface area contributed by atoms with Gasteiger partial charge in [-0.1, -0.05) is 41.4 Å². The second kappa shape index (κ2) is 7.17. The van der Waals surface area contributed by atoms with E-state index in [1.165, 1.54) is 0 Å². The molecule has 0 heterocycles. The predicted octanol–water partition coefficient (Wildman–Crippen LogP) is 5.02. The molecule has 2 N–H and O–H groups in total. The van der Waals surface area contributed by atoms with Crippen molar-refractivity contribution in [3.63, 3.8) is 0 Å². The molecule has 1 unspecified atom stereocenters. The average molecular weight is 324 g/mol. The number of nitrogens with two attached hydrogens (primary N) is 1. The minimum absolute atomic E-state index is 0.139. The second-order valence-corrected chi connectivity index (χ2v) is 6.13. The SMILES string of the molecule is CC(C)Oc1cccc(C(N)Cc2ccc(Cl)cc2Cl)c1. The average Bonchev–Trinajstić information content (AvgIpc) is 2.41. The molecule has 2 aromatic carbocycles. The maximum Gasteiger partial charge on any atom is 0.120 e. The molecule has 21 heavy (non-hydrogen) atoms. The molecule has 2 nitrogen and oxygen atoms in total. The first-order chi connectivity index (χ1) is 9.95. The van der Waals surface area contributed by atoms with Crippen LogP contribution in [0.4, 0.5) is 0 Å². The van der Waals surface area contributed by atoms with Crippen molar-refractivity contribution in [2.24, 2.45) is 5.73 Å². The number of hydrogen-bond acceptors (Lipinski definition) is 2. The van der Waals surface area contributed by atoms with Crippen molar-refractivity contribution in [2.75, 3.05) is 0 Å². The number of hydrogen-bond donors (Lipinski definition) is 1. The highest BCUT2D eigenvalue weighted by Gasteiger charge is 2.11. The summed E-state index contributed by atoms with van der Waals surface area (Å²) < 4.78 is 5.70. The topological polar surface area (TPSA) is 35.2 Å². The van der Waals surface area contributed by atoms with Crippen LogP contribution in [0.5, 0.6) is 5.75 Å². The Labute approximate surface area is 135 Å². The van der Waals surface area contributed by atoms with E-state index < -0.39 is 0 Å². The molecule has 4 heteroatoms. The lowest BCUT2D eigenvalue weighted by Gasteiger charge is -2.16. The minimum atomic E-state index is -0.139. The third-order valence-corrected chi connectivity index (χ3v) is 3.70. The van der Waals surface area contributed by atoms with Crippen molar-refractivity contribution in [1.82, 2.24) is 0 Å². The number of ether oxygens (including phenoxy) is 1. The summed E-state index contributed by atoms with van der Waals surface area (Å²) in [4.78, 5) is 0. The lowest BCUT2D eigenvalue weighted by atomic mass is 9.99. The summed E-state index contributed by atoms with van der Waals surface area (Å²) in [5.41, 5.74) is 8.30. The van der Waals surface area contributed by atoms with Gasteiger partial charge in [0.25, 0.3) is 0 Å². The standard InChI is InChI=1S/C17H19Cl2NO/c1-11(2)21-15-5-3-4-13(8-15)17(20)9-12-6-7-14(18)10-16(12)19/h3-8,10-11,17H,9,20H2,1-2H3. The van der Waals surface area contributed by atoms with Crippen LogP contribution >= 0.6 is 23.2 Å². The number of rotatable bonds is 5. The molecule has 1 atom stereocenters. The highest BCUT2D eigenvalue weighted by molar-refractivity contribution is 6.35. The van der Waals surface area contributed by atoms with Crippen molar-refractivity contribution >= 4 is 23.2 Å². The van der Waals surface area contributed by atoms with Gasteiger partial charge in [0.2, 0.25) is 0 Å². The van der Waals surface area contributed by atoms with Gasteiger partial charge in [-0.15, -0.1) is 0 Å². The number of halogens is 2. The van der Waals surface area contributed by atoms with Gasteiger partial charge in [-0.05, 0) is 55.7 Å². The van der Waals surface area contributed by atoms with Crippen molar-refractivity contribution in [1.29, 1.82) is 0 Å². The molecule has 0 aliphatic carbocycles. The predicted molar refractivity (Wildman–Crippen MR) is 89.3 cm³/mol. The van der Waals surface area contributed by atoms with Crippen LogP contribution in [0.25, 0.3) is 0 Å². The van der Waals surface area contributed by atoms with Gasteiger partial charge in [0.15, 0.2) is 0 Å². The Balaban J connectivity index is 2.14. The number of benzene rings is 2. The Bertz CT molecular complexity index is 613. The molecule has 0 aromatic heterocycles. The van der Waals surface area contributed by atoms with Crippen molar-refractivity contribution in [3.8, 4) is 5.75 Å². The first-order valence-corrected chi connectivity index (χ1v) is 7.67. The first kappa shape index (κ1) is 16.2. The maximum atomic E-state index is 6.29. The fourth-order valence-electron chi connectivity index (χ4n) is 2.13. The van der Waals surface area contributed by atoms with Crippen molar-refractivity contribution in [3.05, 3.63) is 63.6 Å². The fraction of sp³-hybridized carbons (Fsp3) is 0.294. The summed E-state index contributed by atoms with van der Waals surface area (Å²) in [5, 5.41) is 1.28. The Hall–Kier alpha value is -1.22. The van der Waals surface area contributed by atoms with Crippen LogP contribution in [0.1, 0.15) is 31.0 Å². The summed E-state index contributed by atoms with van der Waals surface area (Å²) in [5.74, 6) is 0.833. The second-order valence-electron chi connectivity index (χ2n) is 5.29. The summed E-state index contributed by atoms with van der Waals surface area (Å²) >= 11 is 12.1. The molecule has 2 rings (SSSR count). The molecule has 0 amide bonds. The van der Waals surface area contributed by atoms with E-state index in [0.717, 1.165) is 16.9 Å². The molecular weight excluding hydrogens is 305 g/mol. The summed E-state index contributed by atoms with van der Waals surface area (Å²) in [7, 11) is 0. The van der Waals surface area contributed by atoms with Crippen LogP contribution in [0.3, 0.4) is 0 Å². The molecule has 0 saturated heterocycles. The third kappa shape index (κ3) is 4.63. The molecule has 0 spiro atoms. The van der Waals surface area contributed by atoms with E-state index in [0.29, 0.717) is 16.5 Å². The van der Waals surface area contributed by atoms with E-state index >= 15 is 0 Å². The summed E-state index contributed by atoms with van der Waals surface area (Å²) in [6.07, 6.45) is 0.795. The highest BCUT2D eigenvalue weighted by atomic mass is 35.5. The molecule has 0 bridgehead atoms. The maximum absolute atomic E-state index is 6.29. The zero-order valence-electron chi connectivity index (χ0n) is 12.1. The Kier molecular flexibility index (Phi) is 5.51. The minimum Gasteiger partial charge on any atom is -0.491 e. The van der Waals surface area contributed by atoms with Crippen molar-refractivity contribution < 1.29 is 4.74 Å². The molecule has 112 valence electrons. The molecule has 0 radical (unpaired) electrons. The fourth-order valence-corrected chi connectivity index (χ4v) is 2.62. The smallest absolute Gasteiger partial charge is 0.120 e. The van der Waals surface area contributed by atoms with E-state index in [4.69, 9.17) is 33.7 Å². The van der Waals surface area contributed by atoms with Gasteiger partial charge >= 0.3 is 0 Å². The van der Waals surface area contributed by atoms with Gasteiger partial charge in [0, 0.05) is 16.1 Å². The van der Waals surface area contributed by atoms with E-state index in [2.05, 4.69) is 0 Å². The van der Waals surface area contributed by atoms with Gasteiger partial charge in [0.05, 0.1) is 6.10 Å². The van der Waals surface area contributed by atoms with E-state index in [-0.39, 0.29) is 12.1 Å². The lowest BCUT2D eigenvalue weighted by Crippen LogP contribution is -2.14. The van der Waals surface area contributed by atoms with E-state index in [1.54, 1.807) is 6.07 Å². The molecule has 0 saturated carbocycles. The Morgan fingerprint density at radius 2 is 1.86 bits per heavy atom. The van der Waals surface area contributed by atoms with Crippen molar-refractivity contribution in [2.45, 2.75) is 32.4 Å². The van der Waals surface area contributed by atoms with E-state index in [1.807, 2.05) is 50.2 Å². The quantitative estimate of drug-likeness (QED) is 0.838. The van der Waals surface area contributed by atoms with Crippen LogP contribution < -0.4 is 10.5 Å². The van der Waals surface area contributed by atoms with Gasteiger partial charge in [-0.2, -0.15) is 0 Å². The largest absolute Gasteiger partial charge is 0.491 e. The van der Waals surface area contributed by atoms with Crippen LogP contribution in [-0.4, -0.2) is 6.10 Å².